The maximum atomic E-state index is 13.1. The number of anilines is 1. The van der Waals surface area contributed by atoms with Gasteiger partial charge in [0.1, 0.15) is 12.4 Å². The monoisotopic (exact) mass is 376 g/mol. The van der Waals surface area contributed by atoms with Crippen molar-refractivity contribution in [2.24, 2.45) is 0 Å². The van der Waals surface area contributed by atoms with Crippen molar-refractivity contribution in [3.05, 3.63) is 72.6 Å². The van der Waals surface area contributed by atoms with E-state index in [0.29, 0.717) is 17.9 Å². The van der Waals surface area contributed by atoms with Crippen molar-refractivity contribution in [1.82, 2.24) is 14.9 Å². The number of rotatable bonds is 7. The summed E-state index contributed by atoms with van der Waals surface area (Å²) in [5, 5.41) is 2.80. The predicted molar refractivity (Wildman–Crippen MR) is 111 cm³/mol. The molecule has 3 rings (SSSR count). The van der Waals surface area contributed by atoms with E-state index in [1.54, 1.807) is 11.8 Å². The Morgan fingerprint density at radius 3 is 2.46 bits per heavy atom. The van der Waals surface area contributed by atoms with Crippen LogP contribution in [0.5, 0.6) is 0 Å². The van der Waals surface area contributed by atoms with Crippen LogP contribution in [0.1, 0.15) is 19.7 Å². The molecular weight excluding hydrogens is 352 g/mol. The summed E-state index contributed by atoms with van der Waals surface area (Å²) in [4.78, 5) is 31.3. The topological polar surface area (TPSA) is 67.2 Å². The minimum Gasteiger partial charge on any atom is -0.345 e. The summed E-state index contributed by atoms with van der Waals surface area (Å²) >= 11 is 0. The second-order valence-corrected chi connectivity index (χ2v) is 6.54. The van der Waals surface area contributed by atoms with E-state index in [-0.39, 0.29) is 24.9 Å². The van der Waals surface area contributed by atoms with E-state index in [1.807, 2.05) is 66.1 Å². The van der Waals surface area contributed by atoms with Gasteiger partial charge in [0.25, 0.3) is 0 Å². The van der Waals surface area contributed by atoms with Crippen molar-refractivity contribution in [1.29, 1.82) is 0 Å². The summed E-state index contributed by atoms with van der Waals surface area (Å²) in [6, 6.07) is 17.2. The van der Waals surface area contributed by atoms with Crippen LogP contribution >= 0.6 is 0 Å². The molecule has 0 radical (unpaired) electrons. The molecule has 144 valence electrons. The fourth-order valence-electron chi connectivity index (χ4n) is 3.08. The van der Waals surface area contributed by atoms with Crippen molar-refractivity contribution in [2.45, 2.75) is 26.9 Å². The molecule has 0 spiro atoms. The first-order valence-electron chi connectivity index (χ1n) is 9.24. The van der Waals surface area contributed by atoms with Crippen molar-refractivity contribution < 1.29 is 9.59 Å². The van der Waals surface area contributed by atoms with Crippen molar-refractivity contribution in [2.75, 3.05) is 11.4 Å². The summed E-state index contributed by atoms with van der Waals surface area (Å²) in [5.41, 5.74) is 2.94. The quantitative estimate of drug-likeness (QED) is 0.644. The van der Waals surface area contributed by atoms with Crippen LogP contribution in [-0.4, -0.2) is 27.9 Å². The smallest absolute Gasteiger partial charge is 0.246 e. The minimum absolute atomic E-state index is 0.0377. The number of nitrogens with one attached hydrogen (secondary N) is 1. The van der Waals surface area contributed by atoms with E-state index in [0.717, 1.165) is 16.7 Å². The number of aromatic nitrogens is 2. The van der Waals surface area contributed by atoms with Crippen molar-refractivity contribution in [3.63, 3.8) is 0 Å². The highest BCUT2D eigenvalue weighted by atomic mass is 16.2. The minimum atomic E-state index is -0.232. The Hall–Kier alpha value is -3.41. The third kappa shape index (κ3) is 4.11. The van der Waals surface area contributed by atoms with Crippen LogP contribution in [0.25, 0.3) is 11.0 Å². The molecule has 0 unspecified atom stereocenters. The Morgan fingerprint density at radius 2 is 1.79 bits per heavy atom. The molecule has 1 aromatic heterocycles. The van der Waals surface area contributed by atoms with E-state index in [2.05, 4.69) is 16.9 Å². The van der Waals surface area contributed by atoms with Crippen LogP contribution < -0.4 is 10.2 Å². The number of imidazole rings is 1. The SMILES string of the molecule is C=C(C)C(=O)NCc1nc2ccccc2n1CC(=O)N(CC)c1ccccc1. The molecule has 1 heterocycles. The molecule has 6 heteroatoms. The zero-order valence-electron chi connectivity index (χ0n) is 16.2. The molecule has 28 heavy (non-hydrogen) atoms. The van der Waals surface area contributed by atoms with Gasteiger partial charge in [-0.3, -0.25) is 9.59 Å². The fraction of sp³-hybridized carbons (Fsp3) is 0.227. The third-order valence-electron chi connectivity index (χ3n) is 4.51. The van der Waals surface area contributed by atoms with Gasteiger partial charge >= 0.3 is 0 Å². The van der Waals surface area contributed by atoms with Crippen molar-refractivity contribution >= 4 is 28.5 Å². The first-order chi connectivity index (χ1) is 13.5. The first-order valence-corrected chi connectivity index (χ1v) is 9.24. The number of nitrogens with zero attached hydrogens (tertiary/aromatic N) is 3. The van der Waals surface area contributed by atoms with E-state index >= 15 is 0 Å². The lowest BCUT2D eigenvalue weighted by Gasteiger charge is -2.22. The lowest BCUT2D eigenvalue weighted by molar-refractivity contribution is -0.119. The fourth-order valence-corrected chi connectivity index (χ4v) is 3.08. The standard InChI is InChI=1S/C22H24N4O2/c1-4-25(17-10-6-5-7-11-17)21(27)15-26-19-13-9-8-12-18(19)24-20(26)14-23-22(28)16(2)3/h5-13H,2,4,14-15H2,1,3H3,(H,23,28). The molecule has 0 bridgehead atoms. The Morgan fingerprint density at radius 1 is 1.11 bits per heavy atom. The van der Waals surface area contributed by atoms with Gasteiger partial charge in [-0.2, -0.15) is 0 Å². The summed E-state index contributed by atoms with van der Waals surface area (Å²) in [7, 11) is 0. The second-order valence-electron chi connectivity index (χ2n) is 6.54. The molecule has 0 aliphatic rings. The molecule has 0 aliphatic carbocycles. The average Bonchev–Trinajstić information content (AvgIpc) is 3.05. The number of fused-ring (bicyclic) bond motifs is 1. The summed E-state index contributed by atoms with van der Waals surface area (Å²) in [6.45, 7) is 8.19. The van der Waals surface area contributed by atoms with E-state index in [9.17, 15) is 9.59 Å². The normalized spacial score (nSPS) is 10.6. The summed E-state index contributed by atoms with van der Waals surface area (Å²) in [5.74, 6) is 0.363. The van der Waals surface area contributed by atoms with Gasteiger partial charge in [-0.15, -0.1) is 0 Å². The van der Waals surface area contributed by atoms with Crippen LogP contribution in [0.2, 0.25) is 0 Å². The number of benzene rings is 2. The van der Waals surface area contributed by atoms with Gasteiger partial charge in [0.2, 0.25) is 11.8 Å². The number of amides is 2. The molecule has 2 aromatic carbocycles. The maximum absolute atomic E-state index is 13.1. The second kappa shape index (κ2) is 8.52. The van der Waals surface area contributed by atoms with Gasteiger partial charge in [0.15, 0.2) is 0 Å². The van der Waals surface area contributed by atoms with Gasteiger partial charge in [-0.25, -0.2) is 4.98 Å². The number of carbonyl (C=O) groups excluding carboxylic acids is 2. The average molecular weight is 376 g/mol. The molecule has 0 saturated carbocycles. The van der Waals surface area contributed by atoms with Gasteiger partial charge < -0.3 is 14.8 Å². The number of likely N-dealkylation sites (N-methyl/N-ethyl adjacent to an activating group) is 1. The van der Waals surface area contributed by atoms with Gasteiger partial charge in [-0.1, -0.05) is 36.9 Å². The molecule has 6 nitrogen and oxygen atoms in total. The first kappa shape index (κ1) is 19.4. The predicted octanol–water partition coefficient (Wildman–Crippen LogP) is 3.28. The van der Waals surface area contributed by atoms with Gasteiger partial charge in [0.05, 0.1) is 17.6 Å². The highest BCUT2D eigenvalue weighted by Gasteiger charge is 2.19. The molecule has 0 saturated heterocycles. The van der Waals surface area contributed by atoms with Crippen LogP contribution in [0, 0.1) is 0 Å². The Balaban J connectivity index is 1.90. The van der Waals surface area contributed by atoms with Crippen LogP contribution in [0.3, 0.4) is 0 Å². The van der Waals surface area contributed by atoms with Crippen LogP contribution in [0.15, 0.2) is 66.7 Å². The lowest BCUT2D eigenvalue weighted by atomic mass is 10.2. The van der Waals surface area contributed by atoms with Crippen LogP contribution in [-0.2, 0) is 22.7 Å². The molecule has 0 aliphatic heterocycles. The molecular formula is C22H24N4O2. The largest absolute Gasteiger partial charge is 0.345 e. The Kier molecular flexibility index (Phi) is 5.89. The Labute approximate surface area is 164 Å². The van der Waals surface area contributed by atoms with E-state index < -0.39 is 0 Å². The van der Waals surface area contributed by atoms with Crippen molar-refractivity contribution in [3.8, 4) is 0 Å². The molecule has 3 aromatic rings. The van der Waals surface area contributed by atoms with Crippen LogP contribution in [0.4, 0.5) is 5.69 Å². The molecule has 1 N–H and O–H groups in total. The van der Waals surface area contributed by atoms with Gasteiger partial charge in [0, 0.05) is 17.8 Å². The van der Waals surface area contributed by atoms with E-state index in [1.165, 1.54) is 0 Å². The lowest BCUT2D eigenvalue weighted by Crippen LogP contribution is -2.34. The molecule has 0 fully saturated rings. The highest BCUT2D eigenvalue weighted by Crippen LogP contribution is 2.19. The highest BCUT2D eigenvalue weighted by molar-refractivity contribution is 5.94. The number of carbonyl (C=O) groups is 2. The third-order valence-corrected chi connectivity index (χ3v) is 4.51. The number of para-hydroxylation sites is 3. The van der Waals surface area contributed by atoms with E-state index in [4.69, 9.17) is 0 Å². The zero-order chi connectivity index (χ0) is 20.1. The number of hydrogen-bond acceptors (Lipinski definition) is 3. The Bertz CT molecular complexity index is 1010. The summed E-state index contributed by atoms with van der Waals surface area (Å²) < 4.78 is 1.86. The zero-order valence-corrected chi connectivity index (χ0v) is 16.2. The summed E-state index contributed by atoms with van der Waals surface area (Å²) in [6.07, 6.45) is 0. The number of hydrogen-bond donors (Lipinski definition) is 1. The van der Waals surface area contributed by atoms with Gasteiger partial charge in [-0.05, 0) is 38.1 Å². The molecule has 2 amide bonds. The maximum Gasteiger partial charge on any atom is 0.246 e. The molecule has 0 atom stereocenters.